The summed E-state index contributed by atoms with van der Waals surface area (Å²) in [4.78, 5) is 0. The molecule has 0 aliphatic carbocycles. The lowest BCUT2D eigenvalue weighted by molar-refractivity contribution is 0.399. The van der Waals surface area contributed by atoms with Gasteiger partial charge < -0.3 is 13.2 Å². The van der Waals surface area contributed by atoms with Crippen molar-refractivity contribution in [1.29, 1.82) is 0 Å². The van der Waals surface area contributed by atoms with Gasteiger partial charge in [0.1, 0.15) is 0 Å². The number of hydrogen-bond acceptors (Lipinski definition) is 3. The molecular weight excluding hydrogens is 316 g/mol. The first-order valence-corrected chi connectivity index (χ1v) is 12.7. The predicted octanol–water partition coefficient (Wildman–Crippen LogP) is 2.08. The van der Waals surface area contributed by atoms with Crippen molar-refractivity contribution >= 4 is 27.3 Å². The van der Waals surface area contributed by atoms with Crippen molar-refractivity contribution < 1.29 is 4.12 Å². The number of rotatable bonds is 6. The highest BCUT2D eigenvalue weighted by molar-refractivity contribution is 6.95. The van der Waals surface area contributed by atoms with Gasteiger partial charge in [0.15, 0.2) is 0 Å². The first-order valence-electron chi connectivity index (χ1n) is 7.97. The van der Waals surface area contributed by atoms with Gasteiger partial charge in [-0.2, -0.15) is 0 Å². The van der Waals surface area contributed by atoms with Crippen LogP contribution in [0.15, 0.2) is 60.7 Å². The third kappa shape index (κ3) is 3.64. The minimum Gasteiger partial charge on any atom is -0.426 e. The zero-order valence-corrected chi connectivity index (χ0v) is 17.1. The van der Waals surface area contributed by atoms with E-state index in [9.17, 15) is 0 Å². The summed E-state index contributed by atoms with van der Waals surface area (Å²) in [6.45, 7) is 4.58. The van der Waals surface area contributed by atoms with Crippen LogP contribution in [0.25, 0.3) is 0 Å². The second-order valence-electron chi connectivity index (χ2n) is 6.59. The Hall–Kier alpha value is -1.25. The van der Waals surface area contributed by atoms with Crippen molar-refractivity contribution in [3.63, 3.8) is 0 Å². The summed E-state index contributed by atoms with van der Waals surface area (Å²) in [5.74, 6) is 0. The second kappa shape index (κ2) is 7.11. The Morgan fingerprint density at radius 2 is 0.913 bits per heavy atom. The topological polar surface area (TPSA) is 15.7 Å². The molecule has 2 atom stereocenters. The van der Waals surface area contributed by atoms with Gasteiger partial charge in [0.25, 0.3) is 17.0 Å². The van der Waals surface area contributed by atoms with Crippen molar-refractivity contribution in [2.24, 2.45) is 0 Å². The molecule has 5 heteroatoms. The monoisotopic (exact) mass is 344 g/mol. The zero-order valence-electron chi connectivity index (χ0n) is 15.1. The van der Waals surface area contributed by atoms with Crippen LogP contribution in [0, 0.1) is 0 Å². The fourth-order valence-electron chi connectivity index (χ4n) is 2.70. The molecule has 2 aromatic rings. The summed E-state index contributed by atoms with van der Waals surface area (Å²) >= 11 is 0. The molecule has 2 unspecified atom stereocenters. The predicted molar refractivity (Wildman–Crippen MR) is 104 cm³/mol. The van der Waals surface area contributed by atoms with Crippen LogP contribution < -0.4 is 10.4 Å². The number of hydrogen-bond donors (Lipinski definition) is 0. The van der Waals surface area contributed by atoms with E-state index in [0.717, 1.165) is 0 Å². The zero-order chi connectivity index (χ0) is 17.1. The number of nitrogens with zero attached hydrogens (tertiary/aromatic N) is 2. The fourth-order valence-corrected chi connectivity index (χ4v) is 10.9. The summed E-state index contributed by atoms with van der Waals surface area (Å²) < 4.78 is 11.6. The molecule has 0 aromatic heterocycles. The first-order chi connectivity index (χ1) is 10.8. The van der Waals surface area contributed by atoms with Crippen LogP contribution in [0.2, 0.25) is 13.1 Å². The Labute approximate surface area is 142 Å². The lowest BCUT2D eigenvalue weighted by Gasteiger charge is -2.44. The van der Waals surface area contributed by atoms with Gasteiger partial charge in [-0.05, 0) is 51.7 Å². The summed E-state index contributed by atoms with van der Waals surface area (Å²) in [5, 5.41) is 2.61. The average molecular weight is 345 g/mol. The van der Waals surface area contributed by atoms with Crippen molar-refractivity contribution in [2.75, 3.05) is 28.2 Å². The van der Waals surface area contributed by atoms with Crippen LogP contribution in [0.3, 0.4) is 0 Å². The van der Waals surface area contributed by atoms with E-state index in [4.69, 9.17) is 4.12 Å². The molecule has 0 radical (unpaired) electrons. The van der Waals surface area contributed by atoms with Gasteiger partial charge in [-0.25, -0.2) is 0 Å². The van der Waals surface area contributed by atoms with Crippen LogP contribution in [-0.2, 0) is 4.12 Å². The highest BCUT2D eigenvalue weighted by atomic mass is 28.4. The maximum Gasteiger partial charge on any atom is 0.292 e. The summed E-state index contributed by atoms with van der Waals surface area (Å²) in [6, 6.07) is 21.3. The summed E-state index contributed by atoms with van der Waals surface area (Å²) in [6.07, 6.45) is 0. The normalized spacial score (nSPS) is 17.0. The van der Waals surface area contributed by atoms with E-state index in [-0.39, 0.29) is 0 Å². The first kappa shape index (κ1) is 18.1. The summed E-state index contributed by atoms with van der Waals surface area (Å²) in [7, 11) is 4.07. The second-order valence-corrected chi connectivity index (χ2v) is 14.3. The Morgan fingerprint density at radius 1 is 0.609 bits per heavy atom. The molecule has 23 heavy (non-hydrogen) atoms. The van der Waals surface area contributed by atoms with Crippen molar-refractivity contribution in [3.05, 3.63) is 60.7 Å². The van der Waals surface area contributed by atoms with Gasteiger partial charge >= 0.3 is 0 Å². The molecule has 0 saturated heterocycles. The van der Waals surface area contributed by atoms with E-state index in [1.807, 2.05) is 0 Å². The SMILES string of the molecule is CN(C)[Si](C)(O[Si](C)(c1ccccc1)N(C)C)c1ccccc1. The van der Waals surface area contributed by atoms with Gasteiger partial charge in [-0.15, -0.1) is 0 Å². The molecule has 0 bridgehead atoms. The van der Waals surface area contributed by atoms with Crippen LogP contribution in [0.4, 0.5) is 0 Å². The maximum atomic E-state index is 7.05. The van der Waals surface area contributed by atoms with Gasteiger partial charge in [-0.3, -0.25) is 0 Å². The molecule has 0 N–H and O–H groups in total. The summed E-state index contributed by atoms with van der Waals surface area (Å²) in [5.41, 5.74) is 0. The largest absolute Gasteiger partial charge is 0.426 e. The van der Waals surface area contributed by atoms with Gasteiger partial charge in [0.2, 0.25) is 0 Å². The molecule has 0 heterocycles. The van der Waals surface area contributed by atoms with E-state index in [0.29, 0.717) is 0 Å². The van der Waals surface area contributed by atoms with E-state index >= 15 is 0 Å². The molecule has 0 fully saturated rings. The molecule has 0 amide bonds. The minimum atomic E-state index is -2.23. The van der Waals surface area contributed by atoms with Crippen LogP contribution in [0.1, 0.15) is 0 Å². The standard InChI is InChI=1S/C18H28N2OSi2/c1-19(2)22(5,17-13-9-7-10-14-17)21-23(6,20(3)4)18-15-11-8-12-16-18/h7-16H,1-6H3. The van der Waals surface area contributed by atoms with Gasteiger partial charge in [0, 0.05) is 0 Å². The van der Waals surface area contributed by atoms with Crippen LogP contribution in [-0.4, -0.2) is 54.3 Å². The Bertz CT molecular complexity index is 566. The molecule has 0 aliphatic rings. The van der Waals surface area contributed by atoms with Crippen LogP contribution in [0.5, 0.6) is 0 Å². The van der Waals surface area contributed by atoms with Gasteiger partial charge in [0.05, 0.1) is 0 Å². The molecule has 0 saturated carbocycles. The lowest BCUT2D eigenvalue weighted by Crippen LogP contribution is -2.71. The van der Waals surface area contributed by atoms with E-state index < -0.39 is 17.0 Å². The molecule has 0 spiro atoms. The lowest BCUT2D eigenvalue weighted by atomic mass is 10.4. The average Bonchev–Trinajstić information content (AvgIpc) is 2.56. The Balaban J connectivity index is 2.49. The highest BCUT2D eigenvalue weighted by Crippen LogP contribution is 2.19. The molecule has 3 nitrogen and oxygen atoms in total. The Kier molecular flexibility index (Phi) is 5.59. The van der Waals surface area contributed by atoms with E-state index in [2.05, 4.69) is 111 Å². The third-order valence-corrected chi connectivity index (χ3v) is 14.1. The molecule has 2 aromatic carbocycles. The van der Waals surface area contributed by atoms with Crippen molar-refractivity contribution in [3.8, 4) is 0 Å². The van der Waals surface area contributed by atoms with Crippen molar-refractivity contribution in [2.45, 2.75) is 13.1 Å². The number of benzene rings is 2. The smallest absolute Gasteiger partial charge is 0.292 e. The molecule has 2 rings (SSSR count). The molecule has 124 valence electrons. The fraction of sp³-hybridized carbons (Fsp3) is 0.333. The quantitative estimate of drug-likeness (QED) is 0.746. The Morgan fingerprint density at radius 3 is 1.17 bits per heavy atom. The van der Waals surface area contributed by atoms with Crippen LogP contribution >= 0.6 is 0 Å². The highest BCUT2D eigenvalue weighted by Gasteiger charge is 2.46. The van der Waals surface area contributed by atoms with E-state index in [1.165, 1.54) is 10.4 Å². The molecular formula is C18H28N2OSi2. The molecule has 0 aliphatic heterocycles. The minimum absolute atomic E-state index is 1.31. The third-order valence-electron chi connectivity index (χ3n) is 4.72. The van der Waals surface area contributed by atoms with Crippen molar-refractivity contribution in [1.82, 2.24) is 9.13 Å². The van der Waals surface area contributed by atoms with E-state index in [1.54, 1.807) is 0 Å². The van der Waals surface area contributed by atoms with Gasteiger partial charge in [-0.1, -0.05) is 60.7 Å². The maximum absolute atomic E-state index is 7.05.